The van der Waals surface area contributed by atoms with Gasteiger partial charge in [-0.2, -0.15) is 0 Å². The molecule has 2 aromatic carbocycles. The first-order valence-electron chi connectivity index (χ1n) is 11.1. The molecule has 2 nitrogen and oxygen atoms in total. The van der Waals surface area contributed by atoms with E-state index in [0.717, 1.165) is 36.1 Å². The molecule has 3 aromatic rings. The fourth-order valence-electron chi connectivity index (χ4n) is 4.75. The molecule has 0 spiro atoms. The van der Waals surface area contributed by atoms with Gasteiger partial charge in [-0.15, -0.1) is 0 Å². The van der Waals surface area contributed by atoms with Crippen molar-refractivity contribution in [3.8, 4) is 0 Å². The van der Waals surface area contributed by atoms with E-state index < -0.39 is 0 Å². The highest BCUT2D eigenvalue weighted by Crippen LogP contribution is 2.22. The number of nitrogens with zero attached hydrogens (tertiary/aromatic N) is 1. The van der Waals surface area contributed by atoms with Crippen LogP contribution < -0.4 is 4.90 Å². The van der Waals surface area contributed by atoms with Crippen molar-refractivity contribution < 1.29 is 9.29 Å². The molecule has 0 aliphatic heterocycles. The summed E-state index contributed by atoms with van der Waals surface area (Å²) in [5.41, 5.74) is 3.75. The van der Waals surface area contributed by atoms with E-state index in [4.69, 9.17) is 11.6 Å². The van der Waals surface area contributed by atoms with Gasteiger partial charge in [0.15, 0.2) is 0 Å². The van der Waals surface area contributed by atoms with Gasteiger partial charge in [0.25, 0.3) is 0 Å². The minimum Gasteiger partial charge on any atom is -0.342 e. The van der Waals surface area contributed by atoms with Crippen LogP contribution in [-0.4, -0.2) is 11.1 Å². The van der Waals surface area contributed by atoms with Crippen molar-refractivity contribution in [3.63, 3.8) is 0 Å². The lowest BCUT2D eigenvalue weighted by Gasteiger charge is -2.28. The van der Waals surface area contributed by atoms with E-state index in [1.807, 2.05) is 24.3 Å². The van der Waals surface area contributed by atoms with Crippen molar-refractivity contribution in [2.45, 2.75) is 51.7 Å². The van der Waals surface area contributed by atoms with Gasteiger partial charge >= 0.3 is 0 Å². The highest BCUT2D eigenvalue weighted by Gasteiger charge is 2.21. The van der Waals surface area contributed by atoms with E-state index in [0.29, 0.717) is 0 Å². The summed E-state index contributed by atoms with van der Waals surface area (Å²) in [5.74, 6) is 0.629. The Morgan fingerprint density at radius 3 is 2.47 bits per heavy atom. The van der Waals surface area contributed by atoms with E-state index >= 15 is 0 Å². The topological polar surface area (TPSA) is 9.37 Å². The van der Waals surface area contributed by atoms with Crippen molar-refractivity contribution in [2.24, 2.45) is 5.92 Å². The average molecular weight is 426 g/mol. The van der Waals surface area contributed by atoms with Crippen molar-refractivity contribution in [3.05, 3.63) is 94.5 Å². The van der Waals surface area contributed by atoms with E-state index in [9.17, 15) is 4.39 Å². The number of benzene rings is 2. The summed E-state index contributed by atoms with van der Waals surface area (Å²) < 4.78 is 15.6. The van der Waals surface area contributed by atoms with Gasteiger partial charge in [0.1, 0.15) is 18.9 Å². The lowest BCUT2D eigenvalue weighted by molar-refractivity contribution is -0.931. The molecule has 1 fully saturated rings. The maximum atomic E-state index is 13.3. The molecule has 4 heteroatoms. The van der Waals surface area contributed by atoms with Crippen molar-refractivity contribution >= 4 is 11.6 Å². The molecule has 1 aromatic heterocycles. The second-order valence-corrected chi connectivity index (χ2v) is 9.13. The highest BCUT2D eigenvalue weighted by molar-refractivity contribution is 6.30. The zero-order chi connectivity index (χ0) is 20.8. The Bertz CT molecular complexity index is 928. The smallest absolute Gasteiger partial charge is 0.123 e. The van der Waals surface area contributed by atoms with Crippen LogP contribution in [0.5, 0.6) is 0 Å². The van der Waals surface area contributed by atoms with Crippen molar-refractivity contribution in [1.82, 2.24) is 4.57 Å². The summed E-state index contributed by atoms with van der Waals surface area (Å²) in [6, 6.07) is 19.4. The maximum absolute atomic E-state index is 13.3. The van der Waals surface area contributed by atoms with E-state index in [2.05, 4.69) is 35.0 Å². The first-order valence-corrected chi connectivity index (χ1v) is 11.5. The summed E-state index contributed by atoms with van der Waals surface area (Å²) in [7, 11) is 0. The first kappa shape index (κ1) is 21.1. The molecule has 0 bridgehead atoms. The van der Waals surface area contributed by atoms with Crippen LogP contribution in [0.4, 0.5) is 4.39 Å². The molecule has 4 rings (SSSR count). The van der Waals surface area contributed by atoms with Gasteiger partial charge in [-0.1, -0.05) is 55.1 Å². The highest BCUT2D eigenvalue weighted by atomic mass is 35.5. The molecule has 1 aliphatic rings. The minimum atomic E-state index is -0.184. The van der Waals surface area contributed by atoms with Crippen LogP contribution in [0.25, 0.3) is 0 Å². The van der Waals surface area contributed by atoms with Gasteiger partial charge in [-0.3, -0.25) is 0 Å². The average Bonchev–Trinajstić information content (AvgIpc) is 3.17. The van der Waals surface area contributed by atoms with E-state index in [1.165, 1.54) is 62.0 Å². The number of rotatable bonds is 8. The Kier molecular flexibility index (Phi) is 7.24. The third kappa shape index (κ3) is 5.96. The Morgan fingerprint density at radius 2 is 1.70 bits per heavy atom. The molecule has 1 atom stereocenters. The molecule has 1 N–H and O–H groups in total. The van der Waals surface area contributed by atoms with Crippen molar-refractivity contribution in [1.29, 1.82) is 0 Å². The third-order valence-corrected chi connectivity index (χ3v) is 6.50. The van der Waals surface area contributed by atoms with Gasteiger partial charge in [0.2, 0.25) is 0 Å². The minimum absolute atomic E-state index is 0.184. The molecule has 1 heterocycles. The lowest BCUT2D eigenvalue weighted by atomic mass is 9.89. The molecule has 0 saturated heterocycles. The van der Waals surface area contributed by atoms with Crippen LogP contribution in [0.1, 0.15) is 48.9 Å². The molecule has 0 radical (unpaired) electrons. The Hall–Kier alpha value is -2.10. The predicted octanol–water partition coefficient (Wildman–Crippen LogP) is 5.49. The second-order valence-electron chi connectivity index (χ2n) is 8.70. The quantitative estimate of drug-likeness (QED) is 0.488. The SMILES string of the molecule is Fc1ccc(Cn2cccc2C[NH+](Cc2cccc(Cl)c2)CC2CCCCC2)cc1. The largest absolute Gasteiger partial charge is 0.342 e. The van der Waals surface area contributed by atoms with Gasteiger partial charge in [0, 0.05) is 29.2 Å². The van der Waals surface area contributed by atoms with Crippen molar-refractivity contribution in [2.75, 3.05) is 6.54 Å². The number of halogens is 2. The second kappa shape index (κ2) is 10.3. The molecule has 30 heavy (non-hydrogen) atoms. The van der Waals surface area contributed by atoms with E-state index in [-0.39, 0.29) is 5.82 Å². The molecule has 158 valence electrons. The Balaban J connectivity index is 1.49. The fourth-order valence-corrected chi connectivity index (χ4v) is 4.96. The third-order valence-electron chi connectivity index (χ3n) is 6.27. The molecule has 1 aliphatic carbocycles. The summed E-state index contributed by atoms with van der Waals surface area (Å²) in [6.07, 6.45) is 8.98. The van der Waals surface area contributed by atoms with Gasteiger partial charge in [-0.05, 0) is 54.8 Å². The number of nitrogens with one attached hydrogen (secondary N) is 1. The zero-order valence-corrected chi connectivity index (χ0v) is 18.3. The van der Waals surface area contributed by atoms with Gasteiger partial charge in [-0.25, -0.2) is 4.39 Å². The van der Waals surface area contributed by atoms with Crippen LogP contribution in [0.3, 0.4) is 0 Å². The Morgan fingerprint density at radius 1 is 0.900 bits per heavy atom. The summed E-state index contributed by atoms with van der Waals surface area (Å²) >= 11 is 6.25. The van der Waals surface area contributed by atoms with Crippen LogP contribution in [0.2, 0.25) is 5.02 Å². The maximum Gasteiger partial charge on any atom is 0.123 e. The fraction of sp³-hybridized carbons (Fsp3) is 0.385. The number of hydrogen-bond acceptors (Lipinski definition) is 0. The monoisotopic (exact) mass is 425 g/mol. The molecule has 1 unspecified atom stereocenters. The van der Waals surface area contributed by atoms with Crippen LogP contribution >= 0.6 is 11.6 Å². The predicted molar refractivity (Wildman–Crippen MR) is 121 cm³/mol. The molecular weight excluding hydrogens is 395 g/mol. The molecular formula is C26H31ClFN2+. The molecule has 0 amide bonds. The standard InChI is InChI=1S/C26H30ClFN2/c27-24-9-4-8-23(16-24)18-29(17-21-6-2-1-3-7-21)20-26-10-5-15-30(26)19-22-11-13-25(28)14-12-22/h4-5,8-16,21H,1-3,6-7,17-20H2/p+1. The van der Waals surface area contributed by atoms with Crippen LogP contribution in [0.15, 0.2) is 66.9 Å². The summed E-state index contributed by atoms with van der Waals surface area (Å²) in [6.45, 7) is 3.95. The normalized spacial score (nSPS) is 15.9. The van der Waals surface area contributed by atoms with Crippen LogP contribution in [0, 0.1) is 11.7 Å². The number of aromatic nitrogens is 1. The lowest BCUT2D eigenvalue weighted by Crippen LogP contribution is -3.10. The van der Waals surface area contributed by atoms with Gasteiger partial charge in [0.05, 0.1) is 12.2 Å². The zero-order valence-electron chi connectivity index (χ0n) is 17.5. The number of hydrogen-bond donors (Lipinski definition) is 1. The van der Waals surface area contributed by atoms with E-state index in [1.54, 1.807) is 4.90 Å². The Labute approximate surface area is 184 Å². The molecule has 1 saturated carbocycles. The summed E-state index contributed by atoms with van der Waals surface area (Å²) in [5, 5.41) is 0.809. The first-order chi connectivity index (χ1) is 14.7. The number of quaternary nitrogens is 1. The van der Waals surface area contributed by atoms with Crippen LogP contribution in [-0.2, 0) is 19.6 Å². The van der Waals surface area contributed by atoms with Gasteiger partial charge < -0.3 is 9.47 Å². The summed E-state index contributed by atoms with van der Waals surface area (Å²) in [4.78, 5) is 1.59.